The smallest absolute Gasteiger partial charge is 0.321 e. The van der Waals surface area contributed by atoms with Gasteiger partial charge in [0.2, 0.25) is 0 Å². The van der Waals surface area contributed by atoms with Crippen molar-refractivity contribution in [1.29, 1.82) is 0 Å². The molecule has 1 aromatic carbocycles. The van der Waals surface area contributed by atoms with Gasteiger partial charge >= 0.3 is 12.0 Å². The van der Waals surface area contributed by atoms with Crippen LogP contribution in [0.2, 0.25) is 0 Å². The molecule has 7 heteroatoms. The Hall–Kier alpha value is -1.76. The molecule has 2 N–H and O–H groups in total. The number of nitrogens with zero attached hydrogens (tertiary/aromatic N) is 1. The maximum Gasteiger partial charge on any atom is 0.321 e. The molecule has 0 unspecified atom stereocenters. The lowest BCUT2D eigenvalue weighted by atomic mass is 9.99. The third-order valence-electron chi connectivity index (χ3n) is 3.46. The first-order valence-electron chi connectivity index (χ1n) is 6.63. The predicted octanol–water partition coefficient (Wildman–Crippen LogP) is 2.79. The van der Waals surface area contributed by atoms with Crippen LogP contribution in [-0.2, 0) is 4.79 Å². The topological polar surface area (TPSA) is 78.9 Å². The summed E-state index contributed by atoms with van der Waals surface area (Å²) in [6, 6.07) is 4.95. The molecule has 21 heavy (non-hydrogen) atoms. The molecule has 2 rings (SSSR count). The number of likely N-dealkylation sites (tertiary alicyclic amines) is 1. The van der Waals surface area contributed by atoms with Crippen LogP contribution in [0.4, 0.5) is 10.5 Å². The standard InChI is InChI=1S/C14H17BrN2O4/c1-21-12-5-4-10(7-11(12)15)16-14(20)17-6-2-3-9(8-17)13(18)19/h4-5,7,9H,2-3,6,8H2,1H3,(H,16,20)(H,18,19)/t9-/m1/s1. The van der Waals surface area contributed by atoms with E-state index in [9.17, 15) is 9.59 Å². The predicted molar refractivity (Wildman–Crippen MR) is 81.6 cm³/mol. The summed E-state index contributed by atoms with van der Waals surface area (Å²) in [5.41, 5.74) is 0.630. The number of carbonyl (C=O) groups is 2. The number of anilines is 1. The lowest BCUT2D eigenvalue weighted by molar-refractivity contribution is -0.143. The van der Waals surface area contributed by atoms with Crippen molar-refractivity contribution in [2.24, 2.45) is 5.92 Å². The van der Waals surface area contributed by atoms with Gasteiger partial charge in [0, 0.05) is 18.8 Å². The van der Waals surface area contributed by atoms with Gasteiger partial charge in [-0.25, -0.2) is 4.79 Å². The lowest BCUT2D eigenvalue weighted by Gasteiger charge is -2.30. The summed E-state index contributed by atoms with van der Waals surface area (Å²) >= 11 is 3.35. The summed E-state index contributed by atoms with van der Waals surface area (Å²) in [5, 5.41) is 11.8. The number of nitrogens with one attached hydrogen (secondary N) is 1. The highest BCUT2D eigenvalue weighted by atomic mass is 79.9. The van der Waals surface area contributed by atoms with Gasteiger partial charge in [0.15, 0.2) is 0 Å². The molecule has 6 nitrogen and oxygen atoms in total. The van der Waals surface area contributed by atoms with Gasteiger partial charge in [-0.1, -0.05) is 0 Å². The fourth-order valence-electron chi connectivity index (χ4n) is 2.31. The van der Waals surface area contributed by atoms with E-state index in [1.807, 2.05) is 0 Å². The first-order valence-corrected chi connectivity index (χ1v) is 7.43. The molecule has 0 radical (unpaired) electrons. The highest BCUT2D eigenvalue weighted by Crippen LogP contribution is 2.28. The number of halogens is 1. The maximum atomic E-state index is 12.2. The zero-order valence-electron chi connectivity index (χ0n) is 11.6. The molecule has 0 aromatic heterocycles. The number of benzene rings is 1. The molecular weight excluding hydrogens is 340 g/mol. The summed E-state index contributed by atoms with van der Waals surface area (Å²) < 4.78 is 5.87. The monoisotopic (exact) mass is 356 g/mol. The Balaban J connectivity index is 2.00. The first-order chi connectivity index (χ1) is 10.0. The molecule has 0 bridgehead atoms. The van der Waals surface area contributed by atoms with E-state index in [1.54, 1.807) is 30.2 Å². The number of methoxy groups -OCH3 is 1. The molecule has 1 fully saturated rings. The van der Waals surface area contributed by atoms with E-state index in [0.717, 1.165) is 4.47 Å². The second-order valence-corrected chi connectivity index (χ2v) is 5.76. The summed E-state index contributed by atoms with van der Waals surface area (Å²) in [7, 11) is 1.57. The molecule has 1 heterocycles. The second-order valence-electron chi connectivity index (χ2n) is 4.90. The van der Waals surface area contributed by atoms with E-state index in [2.05, 4.69) is 21.2 Å². The van der Waals surface area contributed by atoms with E-state index >= 15 is 0 Å². The van der Waals surface area contributed by atoms with Gasteiger partial charge in [-0.2, -0.15) is 0 Å². The fourth-order valence-corrected chi connectivity index (χ4v) is 2.85. The molecule has 1 aromatic rings. The van der Waals surface area contributed by atoms with Crippen molar-refractivity contribution in [2.45, 2.75) is 12.8 Å². The van der Waals surface area contributed by atoms with Crippen LogP contribution in [0.5, 0.6) is 5.75 Å². The summed E-state index contributed by atoms with van der Waals surface area (Å²) in [4.78, 5) is 24.7. The number of ether oxygens (including phenoxy) is 1. The fraction of sp³-hybridized carbons (Fsp3) is 0.429. The molecule has 0 spiro atoms. The maximum absolute atomic E-state index is 12.2. The molecule has 114 valence electrons. The first kappa shape index (κ1) is 15.6. The number of amides is 2. The SMILES string of the molecule is COc1ccc(NC(=O)N2CCC[C@@H](C(=O)O)C2)cc1Br. The summed E-state index contributed by atoms with van der Waals surface area (Å²) in [5.74, 6) is -0.649. The lowest BCUT2D eigenvalue weighted by Crippen LogP contribution is -2.44. The van der Waals surface area contributed by atoms with Crippen molar-refractivity contribution >= 4 is 33.6 Å². The van der Waals surface area contributed by atoms with E-state index in [0.29, 0.717) is 30.8 Å². The van der Waals surface area contributed by atoms with Crippen LogP contribution in [0, 0.1) is 5.92 Å². The van der Waals surface area contributed by atoms with E-state index in [-0.39, 0.29) is 12.6 Å². The van der Waals surface area contributed by atoms with Gasteiger partial charge < -0.3 is 20.1 Å². The Kier molecular flexibility index (Phi) is 5.06. The number of hydrogen-bond acceptors (Lipinski definition) is 3. The summed E-state index contributed by atoms with van der Waals surface area (Å²) in [6.07, 6.45) is 1.32. The molecule has 2 amide bonds. The number of urea groups is 1. The average Bonchev–Trinajstić information content (AvgIpc) is 2.47. The zero-order valence-corrected chi connectivity index (χ0v) is 13.2. The van der Waals surface area contributed by atoms with Crippen molar-refractivity contribution in [1.82, 2.24) is 4.90 Å². The zero-order chi connectivity index (χ0) is 15.4. The molecule has 1 aliphatic heterocycles. The molecule has 0 saturated carbocycles. The molecule has 1 aliphatic rings. The Morgan fingerprint density at radius 2 is 2.24 bits per heavy atom. The minimum Gasteiger partial charge on any atom is -0.496 e. The third kappa shape index (κ3) is 3.87. The van der Waals surface area contributed by atoms with Crippen LogP contribution in [0.25, 0.3) is 0 Å². The minimum absolute atomic E-state index is 0.249. The molecule has 1 saturated heterocycles. The molecule has 0 aliphatic carbocycles. The Morgan fingerprint density at radius 1 is 1.48 bits per heavy atom. The van der Waals surface area contributed by atoms with Crippen LogP contribution in [0.3, 0.4) is 0 Å². The summed E-state index contributed by atoms with van der Waals surface area (Å²) in [6.45, 7) is 0.825. The van der Waals surface area contributed by atoms with Crippen LogP contribution in [0.1, 0.15) is 12.8 Å². The van der Waals surface area contributed by atoms with Crippen LogP contribution >= 0.6 is 15.9 Å². The van der Waals surface area contributed by atoms with E-state index in [4.69, 9.17) is 9.84 Å². The Bertz CT molecular complexity index is 550. The molecular formula is C14H17BrN2O4. The quantitative estimate of drug-likeness (QED) is 0.872. The normalized spacial score (nSPS) is 18.2. The van der Waals surface area contributed by atoms with Crippen LogP contribution in [0.15, 0.2) is 22.7 Å². The third-order valence-corrected chi connectivity index (χ3v) is 4.08. The van der Waals surface area contributed by atoms with Crippen molar-refractivity contribution < 1.29 is 19.4 Å². The number of hydrogen-bond donors (Lipinski definition) is 2. The van der Waals surface area contributed by atoms with Gasteiger partial charge in [0.25, 0.3) is 0 Å². The Labute approximate surface area is 131 Å². The van der Waals surface area contributed by atoms with Crippen LogP contribution in [-0.4, -0.2) is 42.2 Å². The molecule has 1 atom stereocenters. The van der Waals surface area contributed by atoms with E-state index < -0.39 is 11.9 Å². The number of carboxylic acids is 1. The van der Waals surface area contributed by atoms with Crippen molar-refractivity contribution in [3.05, 3.63) is 22.7 Å². The van der Waals surface area contributed by atoms with Crippen molar-refractivity contribution in [3.63, 3.8) is 0 Å². The van der Waals surface area contributed by atoms with Gasteiger partial charge in [0.1, 0.15) is 5.75 Å². The van der Waals surface area contributed by atoms with Crippen molar-refractivity contribution in [2.75, 3.05) is 25.5 Å². The number of carboxylic acid groups (broad SMARTS) is 1. The largest absolute Gasteiger partial charge is 0.496 e. The van der Waals surface area contributed by atoms with Crippen molar-refractivity contribution in [3.8, 4) is 5.75 Å². The number of rotatable bonds is 3. The minimum atomic E-state index is -0.848. The van der Waals surface area contributed by atoms with Crippen LogP contribution < -0.4 is 10.1 Å². The number of piperidine rings is 1. The Morgan fingerprint density at radius 3 is 2.86 bits per heavy atom. The average molecular weight is 357 g/mol. The van der Waals surface area contributed by atoms with Gasteiger partial charge in [0.05, 0.1) is 17.5 Å². The highest BCUT2D eigenvalue weighted by Gasteiger charge is 2.28. The number of aliphatic carboxylic acids is 1. The second kappa shape index (κ2) is 6.80. The van der Waals surface area contributed by atoms with E-state index in [1.165, 1.54) is 0 Å². The number of carbonyl (C=O) groups excluding carboxylic acids is 1. The van der Waals surface area contributed by atoms with Gasteiger partial charge in [-0.15, -0.1) is 0 Å². The van der Waals surface area contributed by atoms with Gasteiger partial charge in [-0.05, 0) is 47.0 Å². The van der Waals surface area contributed by atoms with Gasteiger partial charge in [-0.3, -0.25) is 4.79 Å². The highest BCUT2D eigenvalue weighted by molar-refractivity contribution is 9.10.